The number of hydrogen-bond acceptors (Lipinski definition) is 1. The van der Waals surface area contributed by atoms with Crippen LogP contribution in [-0.4, -0.2) is 10.6 Å². The van der Waals surface area contributed by atoms with E-state index >= 15 is 0 Å². The van der Waals surface area contributed by atoms with Gasteiger partial charge < -0.3 is 9.47 Å². The summed E-state index contributed by atoms with van der Waals surface area (Å²) in [5, 5.41) is 2.49. The molecule has 2 nitrogen and oxygen atoms in total. The van der Waals surface area contributed by atoms with Gasteiger partial charge in [0.15, 0.2) is 0 Å². The molecular weight excluding hydrogens is 605 g/mol. The van der Waals surface area contributed by atoms with Gasteiger partial charge in [0.05, 0.1) is 22.8 Å². The third kappa shape index (κ3) is 3.80. The zero-order chi connectivity index (χ0) is 32.8. The van der Waals surface area contributed by atoms with Crippen LogP contribution in [0.3, 0.4) is 0 Å². The molecule has 0 bridgehead atoms. The normalized spacial score (nSPS) is 15.0. The second-order valence-electron chi connectivity index (χ2n) is 13.4. The molecule has 0 fully saturated rings. The topological polar surface area (TPSA) is 8.17 Å². The van der Waals surface area contributed by atoms with Gasteiger partial charge in [-0.1, -0.05) is 127 Å². The lowest BCUT2D eigenvalue weighted by Gasteiger charge is -2.26. The van der Waals surface area contributed by atoms with E-state index in [-0.39, 0.29) is 6.04 Å². The molecule has 0 amide bonds. The molecule has 2 heteroatoms. The molecule has 7 aromatic carbocycles. The van der Waals surface area contributed by atoms with Gasteiger partial charge >= 0.3 is 0 Å². The predicted octanol–water partition coefficient (Wildman–Crippen LogP) is 12.4. The van der Waals surface area contributed by atoms with Crippen LogP contribution in [0.2, 0.25) is 0 Å². The Labute approximate surface area is 290 Å². The Morgan fingerprint density at radius 2 is 0.960 bits per heavy atom. The Morgan fingerprint density at radius 3 is 1.66 bits per heavy atom. The lowest BCUT2D eigenvalue weighted by Crippen LogP contribution is -2.25. The van der Waals surface area contributed by atoms with E-state index in [2.05, 4.69) is 185 Å². The van der Waals surface area contributed by atoms with Crippen LogP contribution in [0.25, 0.3) is 77.6 Å². The average molecular weight is 635 g/mol. The van der Waals surface area contributed by atoms with Gasteiger partial charge in [-0.3, -0.25) is 0 Å². The fraction of sp³-hybridized carbons (Fsp3) is 0.0208. The van der Waals surface area contributed by atoms with Gasteiger partial charge in [-0.25, -0.2) is 0 Å². The van der Waals surface area contributed by atoms with Crippen molar-refractivity contribution < 1.29 is 0 Å². The highest BCUT2D eigenvalue weighted by atomic mass is 15.2. The molecule has 0 saturated heterocycles. The van der Waals surface area contributed by atoms with Crippen LogP contribution < -0.4 is 4.90 Å². The van der Waals surface area contributed by atoms with Crippen molar-refractivity contribution in [3.05, 3.63) is 187 Å². The predicted molar refractivity (Wildman–Crippen MR) is 209 cm³/mol. The zero-order valence-corrected chi connectivity index (χ0v) is 27.2. The Hall–Kier alpha value is -6.60. The Balaban J connectivity index is 1.14. The van der Waals surface area contributed by atoms with Crippen molar-refractivity contribution >= 4 is 38.8 Å². The van der Waals surface area contributed by atoms with Crippen molar-refractivity contribution in [2.45, 2.75) is 6.04 Å². The molecule has 0 radical (unpaired) electrons. The van der Waals surface area contributed by atoms with Gasteiger partial charge in [-0.2, -0.15) is 0 Å². The van der Waals surface area contributed by atoms with E-state index in [0.29, 0.717) is 0 Å². The van der Waals surface area contributed by atoms with Crippen LogP contribution in [-0.2, 0) is 0 Å². The number of benzene rings is 7. The zero-order valence-electron chi connectivity index (χ0n) is 27.2. The SMILES string of the molecule is C1=CC=CC2C=1c1ccccc1N2c1ccc2c(c1)c1ccccc1n2-c1ccc2c(c1)-c1ccccc1-c1ccccc1-c1ccccc1-2. The first-order chi connectivity index (χ1) is 24.8. The van der Waals surface area contributed by atoms with Crippen LogP contribution in [0.5, 0.6) is 0 Å². The van der Waals surface area contributed by atoms with Gasteiger partial charge in [0.25, 0.3) is 0 Å². The van der Waals surface area contributed by atoms with Gasteiger partial charge in [0.1, 0.15) is 0 Å². The largest absolute Gasteiger partial charge is 0.329 e. The van der Waals surface area contributed by atoms with E-state index in [0.717, 1.165) is 5.69 Å². The summed E-state index contributed by atoms with van der Waals surface area (Å²) in [6, 6.07) is 58.3. The number of allylic oxidation sites excluding steroid dienone is 1. The summed E-state index contributed by atoms with van der Waals surface area (Å²) in [5.74, 6) is 0. The standard InChI is InChI=1S/C48H30N2/c1-2-14-34-33(13-1)35-15-3-4-17-37(35)39-27-25-31(29-43(39)38-18-6-5-16-36(34)38)50-47-24-12-9-21-42(47)44-30-32(26-28-48(44)50)49-45-22-10-7-19-40(45)41-20-8-11-23-46(41)49/h1-19,21-30,46H. The summed E-state index contributed by atoms with van der Waals surface area (Å²) >= 11 is 0. The van der Waals surface area contributed by atoms with E-state index in [1.54, 1.807) is 0 Å². The number of para-hydroxylation sites is 2. The number of rotatable bonds is 2. The fourth-order valence-electron chi connectivity index (χ4n) is 8.67. The first kappa shape index (κ1) is 27.4. The molecule has 8 aromatic rings. The summed E-state index contributed by atoms with van der Waals surface area (Å²) in [5.41, 5.74) is 22.1. The Bertz CT molecular complexity index is 2820. The molecule has 3 aliphatic rings. The molecule has 0 spiro atoms. The van der Waals surface area contributed by atoms with Gasteiger partial charge in [0, 0.05) is 33.3 Å². The molecule has 1 aromatic heterocycles. The van der Waals surface area contributed by atoms with E-state index < -0.39 is 0 Å². The summed E-state index contributed by atoms with van der Waals surface area (Å²) in [6.07, 6.45) is 6.43. The second-order valence-corrected chi connectivity index (χ2v) is 13.4. The van der Waals surface area contributed by atoms with Gasteiger partial charge in [0.2, 0.25) is 0 Å². The highest BCUT2D eigenvalue weighted by Gasteiger charge is 2.34. The molecule has 0 saturated carbocycles. The number of fused-ring (bicyclic) bond motifs is 14. The van der Waals surface area contributed by atoms with Crippen LogP contribution in [0.15, 0.2) is 182 Å². The minimum absolute atomic E-state index is 0.130. The van der Waals surface area contributed by atoms with Crippen LogP contribution in [0.4, 0.5) is 11.4 Å². The first-order valence-corrected chi connectivity index (χ1v) is 17.3. The quantitative estimate of drug-likeness (QED) is 0.172. The maximum absolute atomic E-state index is 3.54. The molecule has 232 valence electrons. The lowest BCUT2D eigenvalue weighted by molar-refractivity contribution is 0.999. The number of nitrogens with zero attached hydrogens (tertiary/aromatic N) is 2. The lowest BCUT2D eigenvalue weighted by atomic mass is 9.81. The third-order valence-electron chi connectivity index (χ3n) is 10.8. The molecule has 1 aliphatic heterocycles. The third-order valence-corrected chi connectivity index (χ3v) is 10.8. The number of hydrogen-bond donors (Lipinski definition) is 0. The van der Waals surface area contributed by atoms with E-state index in [1.165, 1.54) is 88.8 Å². The first-order valence-electron chi connectivity index (χ1n) is 17.3. The van der Waals surface area contributed by atoms with Crippen molar-refractivity contribution in [1.29, 1.82) is 0 Å². The van der Waals surface area contributed by atoms with Crippen molar-refractivity contribution in [3.8, 4) is 50.2 Å². The van der Waals surface area contributed by atoms with E-state index in [1.807, 2.05) is 6.08 Å². The summed E-state index contributed by atoms with van der Waals surface area (Å²) < 4.78 is 2.45. The van der Waals surface area contributed by atoms with E-state index in [4.69, 9.17) is 0 Å². The van der Waals surface area contributed by atoms with Crippen LogP contribution in [0, 0.1) is 0 Å². The second kappa shape index (κ2) is 10.4. The average Bonchev–Trinajstić information content (AvgIpc) is 3.70. The maximum atomic E-state index is 3.54. The van der Waals surface area contributed by atoms with Crippen molar-refractivity contribution in [2.24, 2.45) is 0 Å². The van der Waals surface area contributed by atoms with Crippen LogP contribution in [0.1, 0.15) is 5.56 Å². The molecule has 1 unspecified atom stereocenters. The highest BCUT2D eigenvalue weighted by Crippen LogP contribution is 2.50. The van der Waals surface area contributed by atoms with Crippen molar-refractivity contribution in [1.82, 2.24) is 4.57 Å². The van der Waals surface area contributed by atoms with Gasteiger partial charge in [-0.15, -0.1) is 5.73 Å². The monoisotopic (exact) mass is 634 g/mol. The highest BCUT2D eigenvalue weighted by molar-refractivity contribution is 6.11. The minimum Gasteiger partial charge on any atom is -0.329 e. The molecule has 11 rings (SSSR count). The molecular formula is C48H30N2. The minimum atomic E-state index is 0.130. The fourth-order valence-corrected chi connectivity index (χ4v) is 8.67. The molecule has 50 heavy (non-hydrogen) atoms. The smallest absolute Gasteiger partial charge is 0.0857 e. The maximum Gasteiger partial charge on any atom is 0.0857 e. The van der Waals surface area contributed by atoms with Crippen molar-refractivity contribution in [2.75, 3.05) is 4.90 Å². The molecule has 2 aliphatic carbocycles. The summed E-state index contributed by atoms with van der Waals surface area (Å²) in [7, 11) is 0. The van der Waals surface area contributed by atoms with Crippen molar-refractivity contribution in [3.63, 3.8) is 0 Å². The Kier molecular flexibility index (Phi) is 5.72. The molecule has 2 heterocycles. The summed E-state index contributed by atoms with van der Waals surface area (Å²) in [4.78, 5) is 2.46. The van der Waals surface area contributed by atoms with Gasteiger partial charge in [-0.05, 0) is 93.0 Å². The van der Waals surface area contributed by atoms with Crippen LogP contribution >= 0.6 is 0 Å². The van der Waals surface area contributed by atoms with E-state index in [9.17, 15) is 0 Å². The number of anilines is 2. The Morgan fingerprint density at radius 1 is 0.420 bits per heavy atom. The molecule has 0 N–H and O–H groups in total. The molecule has 1 atom stereocenters. The summed E-state index contributed by atoms with van der Waals surface area (Å²) in [6.45, 7) is 0. The number of aromatic nitrogens is 1.